The van der Waals surface area contributed by atoms with Crippen LogP contribution < -0.4 is 4.74 Å². The number of nitriles is 1. The van der Waals surface area contributed by atoms with Gasteiger partial charge in [0, 0.05) is 6.07 Å². The predicted molar refractivity (Wildman–Crippen MR) is 40.6 cm³/mol. The van der Waals surface area contributed by atoms with E-state index in [0.717, 1.165) is 0 Å². The second-order valence-electron chi connectivity index (χ2n) is 2.56. The summed E-state index contributed by atoms with van der Waals surface area (Å²) in [6, 6.07) is 1.87. The molecule has 0 amide bonds. The first-order chi connectivity index (χ1) is 7.33. The Bertz CT molecular complexity index is 423. The molecule has 1 aromatic rings. The van der Waals surface area contributed by atoms with Gasteiger partial charge in [0.1, 0.15) is 17.5 Å². The Kier molecular flexibility index (Phi) is 3.27. The molecule has 8 heteroatoms. The lowest BCUT2D eigenvalue weighted by atomic mass is 10.2. The number of hydrogen-bond donors (Lipinski definition) is 0. The summed E-state index contributed by atoms with van der Waals surface area (Å²) in [7, 11) is 0. The van der Waals surface area contributed by atoms with Crippen molar-refractivity contribution in [1.29, 1.82) is 5.26 Å². The van der Waals surface area contributed by atoms with Crippen molar-refractivity contribution in [2.75, 3.05) is 0 Å². The lowest BCUT2D eigenvalue weighted by molar-refractivity contribution is -0.274. The Morgan fingerprint density at radius 2 is 2.00 bits per heavy atom. The van der Waals surface area contributed by atoms with Crippen LogP contribution in [0.2, 0.25) is 0 Å². The van der Waals surface area contributed by atoms with Crippen LogP contribution in [-0.2, 0) is 0 Å². The fourth-order valence-corrected chi connectivity index (χ4v) is 0.909. The molecule has 0 fully saturated rings. The third kappa shape index (κ3) is 3.05. The van der Waals surface area contributed by atoms with Crippen molar-refractivity contribution in [2.24, 2.45) is 0 Å². The van der Waals surface area contributed by atoms with Gasteiger partial charge in [-0.1, -0.05) is 0 Å². The molecule has 0 bridgehead atoms. The van der Waals surface area contributed by atoms with Gasteiger partial charge in [0.25, 0.3) is 6.43 Å². The number of rotatable bonds is 2. The first kappa shape index (κ1) is 12.2. The third-order valence-corrected chi connectivity index (χ3v) is 1.45. The van der Waals surface area contributed by atoms with Crippen LogP contribution in [-0.4, -0.2) is 11.3 Å². The Labute approximate surface area is 86.1 Å². The quantitative estimate of drug-likeness (QED) is 0.744. The zero-order valence-corrected chi connectivity index (χ0v) is 7.42. The van der Waals surface area contributed by atoms with Crippen molar-refractivity contribution in [1.82, 2.24) is 4.98 Å². The van der Waals surface area contributed by atoms with Gasteiger partial charge in [-0.25, -0.2) is 8.78 Å². The SMILES string of the molecule is N#Cc1cc(OC(F)(F)F)cnc1C(F)F. The maximum absolute atomic E-state index is 12.2. The summed E-state index contributed by atoms with van der Waals surface area (Å²) in [5, 5.41) is 8.43. The van der Waals surface area contributed by atoms with Gasteiger partial charge in [0.05, 0.1) is 11.8 Å². The van der Waals surface area contributed by atoms with Gasteiger partial charge in [-0.05, 0) is 0 Å². The molecule has 1 aromatic heterocycles. The van der Waals surface area contributed by atoms with Crippen LogP contribution in [0.1, 0.15) is 17.7 Å². The first-order valence-electron chi connectivity index (χ1n) is 3.77. The Morgan fingerprint density at radius 3 is 2.44 bits per heavy atom. The summed E-state index contributed by atoms with van der Waals surface area (Å²) in [6.07, 6.45) is -7.51. The van der Waals surface area contributed by atoms with Gasteiger partial charge in [0.2, 0.25) is 0 Å². The Morgan fingerprint density at radius 1 is 1.38 bits per heavy atom. The molecule has 1 heterocycles. The van der Waals surface area contributed by atoms with E-state index >= 15 is 0 Å². The van der Waals surface area contributed by atoms with Crippen LogP contribution in [0, 0.1) is 11.3 Å². The lowest BCUT2D eigenvalue weighted by Crippen LogP contribution is -2.17. The molecule has 0 unspecified atom stereocenters. The standard InChI is InChI=1S/C8H3F5N2O/c9-7(10)6-4(2-14)1-5(3-15-6)16-8(11,12)13/h1,3,7H. The zero-order chi connectivity index (χ0) is 12.3. The summed E-state index contributed by atoms with van der Waals surface area (Å²) >= 11 is 0. The summed E-state index contributed by atoms with van der Waals surface area (Å²) in [6.45, 7) is 0. The highest BCUT2D eigenvalue weighted by molar-refractivity contribution is 5.39. The number of ether oxygens (including phenoxy) is 1. The largest absolute Gasteiger partial charge is 0.573 e. The second-order valence-corrected chi connectivity index (χ2v) is 2.56. The van der Waals surface area contributed by atoms with Gasteiger partial charge < -0.3 is 4.74 Å². The van der Waals surface area contributed by atoms with Crippen LogP contribution in [0.25, 0.3) is 0 Å². The average Bonchev–Trinajstić information content (AvgIpc) is 2.14. The van der Waals surface area contributed by atoms with Crippen LogP contribution >= 0.6 is 0 Å². The maximum Gasteiger partial charge on any atom is 0.573 e. The number of alkyl halides is 5. The van der Waals surface area contributed by atoms with Crippen molar-refractivity contribution >= 4 is 0 Å². The Balaban J connectivity index is 3.06. The number of hydrogen-bond acceptors (Lipinski definition) is 3. The van der Waals surface area contributed by atoms with E-state index in [1.807, 2.05) is 0 Å². The molecule has 16 heavy (non-hydrogen) atoms. The molecular weight excluding hydrogens is 235 g/mol. The molecule has 86 valence electrons. The van der Waals surface area contributed by atoms with E-state index in [9.17, 15) is 22.0 Å². The number of nitrogens with zero attached hydrogens (tertiary/aromatic N) is 2. The van der Waals surface area contributed by atoms with Gasteiger partial charge >= 0.3 is 6.36 Å². The van der Waals surface area contributed by atoms with Crippen LogP contribution in [0.5, 0.6) is 5.75 Å². The maximum atomic E-state index is 12.2. The minimum Gasteiger partial charge on any atom is -0.404 e. The normalized spacial score (nSPS) is 11.3. The zero-order valence-electron chi connectivity index (χ0n) is 7.42. The van der Waals surface area contributed by atoms with Crippen LogP contribution in [0.3, 0.4) is 0 Å². The monoisotopic (exact) mass is 238 g/mol. The molecule has 0 saturated carbocycles. The van der Waals surface area contributed by atoms with Gasteiger partial charge in [-0.2, -0.15) is 5.26 Å². The minimum atomic E-state index is -4.96. The Hall–Kier alpha value is -1.91. The second kappa shape index (κ2) is 4.30. The van der Waals surface area contributed by atoms with E-state index in [1.54, 1.807) is 0 Å². The molecule has 3 nitrogen and oxygen atoms in total. The van der Waals surface area contributed by atoms with Crippen molar-refractivity contribution < 1.29 is 26.7 Å². The lowest BCUT2D eigenvalue weighted by Gasteiger charge is -2.09. The van der Waals surface area contributed by atoms with Gasteiger partial charge in [0.15, 0.2) is 0 Å². The van der Waals surface area contributed by atoms with Crippen molar-refractivity contribution in [3.63, 3.8) is 0 Å². The molecule has 0 atom stereocenters. The molecule has 0 radical (unpaired) electrons. The fourth-order valence-electron chi connectivity index (χ4n) is 0.909. The predicted octanol–water partition coefficient (Wildman–Crippen LogP) is 2.79. The number of pyridine rings is 1. The van der Waals surface area contributed by atoms with E-state index in [4.69, 9.17) is 5.26 Å². The molecule has 0 N–H and O–H groups in total. The molecule has 0 saturated heterocycles. The minimum absolute atomic E-state index is 0.482. The fraction of sp³-hybridized carbons (Fsp3) is 0.250. The highest BCUT2D eigenvalue weighted by atomic mass is 19.4. The highest BCUT2D eigenvalue weighted by Gasteiger charge is 2.31. The van der Waals surface area contributed by atoms with Gasteiger partial charge in [-0.15, -0.1) is 13.2 Å². The van der Waals surface area contributed by atoms with E-state index in [-0.39, 0.29) is 0 Å². The van der Waals surface area contributed by atoms with Crippen LogP contribution in [0.15, 0.2) is 12.3 Å². The first-order valence-corrected chi connectivity index (χ1v) is 3.77. The van der Waals surface area contributed by atoms with E-state index in [0.29, 0.717) is 12.3 Å². The topological polar surface area (TPSA) is 45.9 Å². The van der Waals surface area contributed by atoms with Crippen molar-refractivity contribution in [3.8, 4) is 11.8 Å². The smallest absolute Gasteiger partial charge is 0.404 e. The molecule has 1 rings (SSSR count). The average molecular weight is 238 g/mol. The molecule has 0 spiro atoms. The van der Waals surface area contributed by atoms with E-state index in [1.165, 1.54) is 6.07 Å². The highest BCUT2D eigenvalue weighted by Crippen LogP contribution is 2.26. The molecular formula is C8H3F5N2O. The van der Waals surface area contributed by atoms with Crippen molar-refractivity contribution in [2.45, 2.75) is 12.8 Å². The number of aromatic nitrogens is 1. The van der Waals surface area contributed by atoms with Crippen molar-refractivity contribution in [3.05, 3.63) is 23.5 Å². The summed E-state index contributed by atoms with van der Waals surface area (Å²) in [5.41, 5.74) is -1.53. The third-order valence-electron chi connectivity index (χ3n) is 1.45. The van der Waals surface area contributed by atoms with E-state index in [2.05, 4.69) is 9.72 Å². The summed E-state index contributed by atoms with van der Waals surface area (Å²) < 4.78 is 63.1. The molecule has 0 aliphatic carbocycles. The van der Waals surface area contributed by atoms with E-state index < -0.39 is 29.8 Å². The van der Waals surface area contributed by atoms with Gasteiger partial charge in [-0.3, -0.25) is 4.98 Å². The number of halogens is 5. The molecule has 0 aliphatic heterocycles. The van der Waals surface area contributed by atoms with Crippen LogP contribution in [0.4, 0.5) is 22.0 Å². The summed E-state index contributed by atoms with van der Waals surface area (Å²) in [4.78, 5) is 3.04. The molecule has 0 aliphatic rings. The molecule has 0 aromatic carbocycles. The summed E-state index contributed by atoms with van der Waals surface area (Å²) in [5.74, 6) is -0.812.